The lowest BCUT2D eigenvalue weighted by molar-refractivity contribution is -0.116. The molecule has 3 nitrogen and oxygen atoms in total. The zero-order valence-electron chi connectivity index (χ0n) is 18.8. The lowest BCUT2D eigenvalue weighted by atomic mass is 9.78. The molecule has 1 heterocycles. The molecule has 3 aromatic rings. The lowest BCUT2D eigenvalue weighted by Crippen LogP contribution is -2.26. The van der Waals surface area contributed by atoms with Gasteiger partial charge in [0.1, 0.15) is 0 Å². The number of benzene rings is 3. The second-order valence-corrected chi connectivity index (χ2v) is 8.86. The van der Waals surface area contributed by atoms with Crippen molar-refractivity contribution >= 4 is 17.2 Å². The molecule has 5 rings (SSSR count). The fourth-order valence-electron chi connectivity index (χ4n) is 4.95. The van der Waals surface area contributed by atoms with Crippen LogP contribution in [0.3, 0.4) is 0 Å². The number of aryl methyl sites for hydroxylation is 2. The second kappa shape index (κ2) is 8.66. The normalized spacial score (nSPS) is 20.0. The molecule has 3 heteroatoms. The summed E-state index contributed by atoms with van der Waals surface area (Å²) in [6.45, 7) is 4.33. The van der Waals surface area contributed by atoms with E-state index in [0.717, 1.165) is 47.5 Å². The summed E-state index contributed by atoms with van der Waals surface area (Å²) in [6.07, 6.45) is 3.43. The molecule has 2 atom stereocenters. The Balaban J connectivity index is 1.56. The van der Waals surface area contributed by atoms with Crippen molar-refractivity contribution in [3.63, 3.8) is 0 Å². The van der Waals surface area contributed by atoms with E-state index in [2.05, 4.69) is 85.1 Å². The molecule has 0 saturated heterocycles. The third-order valence-electron chi connectivity index (χ3n) is 6.89. The van der Waals surface area contributed by atoms with Gasteiger partial charge in [0.05, 0.1) is 17.4 Å². The average molecular weight is 423 g/mol. The first-order valence-corrected chi connectivity index (χ1v) is 11.7. The number of anilines is 2. The minimum absolute atomic E-state index is 0.150. The number of fused-ring (bicyclic) bond motifs is 1. The van der Waals surface area contributed by atoms with Crippen molar-refractivity contribution in [3.05, 3.63) is 106 Å². The van der Waals surface area contributed by atoms with Gasteiger partial charge in [-0.3, -0.25) is 4.79 Å². The summed E-state index contributed by atoms with van der Waals surface area (Å²) >= 11 is 0. The number of para-hydroxylation sites is 2. The molecule has 2 unspecified atom stereocenters. The van der Waals surface area contributed by atoms with Gasteiger partial charge in [-0.25, -0.2) is 0 Å². The third-order valence-corrected chi connectivity index (χ3v) is 6.89. The van der Waals surface area contributed by atoms with Crippen LogP contribution in [0, 0.1) is 0 Å². The number of Topliss-reactive ketones (excluding diaryl/α,β-unsaturated/α-hetero) is 1. The fraction of sp³-hybridized carbons (Fsp3) is 0.276. The van der Waals surface area contributed by atoms with Gasteiger partial charge in [-0.05, 0) is 59.6 Å². The highest BCUT2D eigenvalue weighted by molar-refractivity contribution is 6.01. The van der Waals surface area contributed by atoms with E-state index < -0.39 is 0 Å². The minimum Gasteiger partial charge on any atom is -0.372 e. The van der Waals surface area contributed by atoms with Crippen molar-refractivity contribution in [2.75, 3.05) is 10.6 Å². The molecule has 0 spiro atoms. The molecule has 162 valence electrons. The van der Waals surface area contributed by atoms with Gasteiger partial charge in [-0.2, -0.15) is 0 Å². The van der Waals surface area contributed by atoms with E-state index in [4.69, 9.17) is 0 Å². The highest BCUT2D eigenvalue weighted by atomic mass is 16.1. The average Bonchev–Trinajstić information content (AvgIpc) is 3.01. The van der Waals surface area contributed by atoms with Crippen LogP contribution in [-0.4, -0.2) is 5.78 Å². The Morgan fingerprint density at radius 3 is 1.97 bits per heavy atom. The van der Waals surface area contributed by atoms with Gasteiger partial charge in [0.2, 0.25) is 0 Å². The molecular weight excluding hydrogens is 392 g/mol. The maximum absolute atomic E-state index is 13.6. The molecule has 0 saturated carbocycles. The maximum Gasteiger partial charge on any atom is 0.163 e. The van der Waals surface area contributed by atoms with Crippen molar-refractivity contribution < 1.29 is 4.79 Å². The summed E-state index contributed by atoms with van der Waals surface area (Å²) in [4.78, 5) is 13.6. The van der Waals surface area contributed by atoms with Crippen LogP contribution in [0.5, 0.6) is 0 Å². The van der Waals surface area contributed by atoms with E-state index in [1.54, 1.807) is 0 Å². The quantitative estimate of drug-likeness (QED) is 0.486. The maximum atomic E-state index is 13.6. The number of hydrogen-bond donors (Lipinski definition) is 2. The zero-order chi connectivity index (χ0) is 22.1. The van der Waals surface area contributed by atoms with Gasteiger partial charge in [0.15, 0.2) is 5.78 Å². The van der Waals surface area contributed by atoms with Gasteiger partial charge in [0.25, 0.3) is 0 Å². The standard InChI is InChI=1S/C29H30N2O/c1-3-19-9-13-21(14-10-19)23-17-26-28(27(32)18-23)29(22-15-11-20(4-2)12-16-22)31-25-8-6-5-7-24(25)30-26/h5-16,23,29-31H,3-4,17-18H2,1-2H3. The van der Waals surface area contributed by atoms with Crippen molar-refractivity contribution in [1.29, 1.82) is 0 Å². The van der Waals surface area contributed by atoms with E-state index in [1.807, 2.05) is 12.1 Å². The topological polar surface area (TPSA) is 41.1 Å². The van der Waals surface area contributed by atoms with E-state index in [9.17, 15) is 4.79 Å². The summed E-state index contributed by atoms with van der Waals surface area (Å²) in [7, 11) is 0. The summed E-state index contributed by atoms with van der Waals surface area (Å²) in [5, 5.41) is 7.30. The van der Waals surface area contributed by atoms with Crippen LogP contribution in [0.1, 0.15) is 60.9 Å². The molecule has 0 fully saturated rings. The lowest BCUT2D eigenvalue weighted by Gasteiger charge is -2.30. The highest BCUT2D eigenvalue weighted by Crippen LogP contribution is 2.44. The highest BCUT2D eigenvalue weighted by Gasteiger charge is 2.35. The largest absolute Gasteiger partial charge is 0.372 e. The monoisotopic (exact) mass is 422 g/mol. The molecule has 1 aliphatic heterocycles. The van der Waals surface area contributed by atoms with Crippen molar-refractivity contribution in [3.8, 4) is 0 Å². The Kier molecular flexibility index (Phi) is 5.57. The van der Waals surface area contributed by atoms with Gasteiger partial charge in [0, 0.05) is 17.7 Å². The van der Waals surface area contributed by atoms with Crippen LogP contribution >= 0.6 is 0 Å². The molecule has 2 aliphatic rings. The molecule has 2 N–H and O–H groups in total. The van der Waals surface area contributed by atoms with Gasteiger partial charge < -0.3 is 10.6 Å². The predicted molar refractivity (Wildman–Crippen MR) is 132 cm³/mol. The van der Waals surface area contributed by atoms with Crippen molar-refractivity contribution in [2.45, 2.75) is 51.5 Å². The number of ketones is 1. The number of carbonyl (C=O) groups excluding carboxylic acids is 1. The summed E-state index contributed by atoms with van der Waals surface area (Å²) in [6, 6.07) is 25.6. The first-order valence-electron chi connectivity index (χ1n) is 11.7. The third kappa shape index (κ3) is 3.84. The second-order valence-electron chi connectivity index (χ2n) is 8.86. The van der Waals surface area contributed by atoms with Crippen LogP contribution in [0.4, 0.5) is 11.4 Å². The van der Waals surface area contributed by atoms with Gasteiger partial charge >= 0.3 is 0 Å². The Bertz CT molecular complexity index is 1160. The molecule has 0 amide bonds. The molecule has 32 heavy (non-hydrogen) atoms. The van der Waals surface area contributed by atoms with Crippen LogP contribution in [0.2, 0.25) is 0 Å². The SMILES string of the molecule is CCc1ccc(C2CC(=O)C3=C(C2)Nc2ccccc2NC3c2ccc(CC)cc2)cc1. The van der Waals surface area contributed by atoms with Crippen molar-refractivity contribution in [2.24, 2.45) is 0 Å². The minimum atomic E-state index is -0.150. The molecule has 0 radical (unpaired) electrons. The smallest absolute Gasteiger partial charge is 0.163 e. The van der Waals surface area contributed by atoms with Crippen LogP contribution in [0.15, 0.2) is 84.1 Å². The van der Waals surface area contributed by atoms with Crippen molar-refractivity contribution in [1.82, 2.24) is 0 Å². The van der Waals surface area contributed by atoms with Crippen LogP contribution in [-0.2, 0) is 17.6 Å². The van der Waals surface area contributed by atoms with Gasteiger partial charge in [-0.1, -0.05) is 74.5 Å². The molecule has 0 aromatic heterocycles. The summed E-state index contributed by atoms with van der Waals surface area (Å²) in [5.74, 6) is 0.432. The fourth-order valence-corrected chi connectivity index (χ4v) is 4.95. The van der Waals surface area contributed by atoms with E-state index >= 15 is 0 Å². The van der Waals surface area contributed by atoms with E-state index in [0.29, 0.717) is 6.42 Å². The Morgan fingerprint density at radius 1 is 0.750 bits per heavy atom. The Labute approximate surface area is 190 Å². The Morgan fingerprint density at radius 2 is 1.34 bits per heavy atom. The number of rotatable bonds is 4. The van der Waals surface area contributed by atoms with E-state index in [-0.39, 0.29) is 17.7 Å². The first-order chi connectivity index (χ1) is 15.7. The molecule has 1 aliphatic carbocycles. The number of hydrogen-bond acceptors (Lipinski definition) is 3. The van der Waals surface area contributed by atoms with Crippen LogP contribution < -0.4 is 10.6 Å². The van der Waals surface area contributed by atoms with E-state index in [1.165, 1.54) is 16.7 Å². The molecule has 0 bridgehead atoms. The molecular formula is C29H30N2O. The van der Waals surface area contributed by atoms with Gasteiger partial charge in [-0.15, -0.1) is 0 Å². The Hall–Kier alpha value is -3.33. The predicted octanol–water partition coefficient (Wildman–Crippen LogP) is 6.79. The number of carbonyl (C=O) groups is 1. The summed E-state index contributed by atoms with van der Waals surface area (Å²) < 4.78 is 0. The first kappa shape index (κ1) is 20.6. The number of allylic oxidation sites excluding steroid dienone is 1. The van der Waals surface area contributed by atoms with Crippen LogP contribution in [0.25, 0.3) is 0 Å². The summed E-state index contributed by atoms with van der Waals surface area (Å²) in [5.41, 5.74) is 9.01. The zero-order valence-corrected chi connectivity index (χ0v) is 18.8. The molecule has 3 aromatic carbocycles. The number of nitrogens with one attached hydrogen (secondary N) is 2.